The third-order valence-corrected chi connectivity index (χ3v) is 7.20. The molecule has 2 amide bonds. The van der Waals surface area contributed by atoms with Crippen molar-refractivity contribution in [3.63, 3.8) is 0 Å². The zero-order chi connectivity index (χ0) is 23.7. The molecule has 0 aromatic heterocycles. The summed E-state index contributed by atoms with van der Waals surface area (Å²) in [5.41, 5.74) is 1.40. The fraction of sp³-hybridized carbons (Fsp3) is 0.391. The molecule has 3 aliphatic rings. The number of carbonyl (C=O) groups is 2. The van der Waals surface area contributed by atoms with Crippen LogP contribution in [0.4, 0.5) is 0 Å². The molecule has 1 aromatic carbocycles. The van der Waals surface area contributed by atoms with Crippen LogP contribution in [0.5, 0.6) is 0 Å². The summed E-state index contributed by atoms with van der Waals surface area (Å²) in [6.07, 6.45) is 1.77. The van der Waals surface area contributed by atoms with E-state index in [9.17, 15) is 19.5 Å². The normalized spacial score (nSPS) is 19.8. The molecule has 0 saturated carbocycles. The average molecular weight is 490 g/mol. The Morgan fingerprint density at radius 3 is 2.91 bits per heavy atom. The number of allylic oxidation sites excluding steroid dienone is 2. The molecule has 2 saturated heterocycles. The maximum Gasteiger partial charge on any atom is 0.274 e. The molecule has 2 fully saturated rings. The fourth-order valence-corrected chi connectivity index (χ4v) is 4.95. The van der Waals surface area contributed by atoms with E-state index in [0.717, 1.165) is 10.9 Å². The van der Waals surface area contributed by atoms with Gasteiger partial charge in [0.05, 0.1) is 18.2 Å². The average Bonchev–Trinajstić information content (AvgIpc) is 3.21. The van der Waals surface area contributed by atoms with Gasteiger partial charge in [0.2, 0.25) is 0 Å². The van der Waals surface area contributed by atoms with E-state index in [1.165, 1.54) is 0 Å². The van der Waals surface area contributed by atoms with Crippen LogP contribution in [-0.2, 0) is 25.5 Å². The Labute approximate surface area is 199 Å². The highest BCUT2D eigenvalue weighted by molar-refractivity contribution is 7.28. The van der Waals surface area contributed by atoms with E-state index in [4.69, 9.17) is 16.3 Å². The summed E-state index contributed by atoms with van der Waals surface area (Å²) in [6, 6.07) is 5.58. The van der Waals surface area contributed by atoms with Gasteiger partial charge in [0.1, 0.15) is 11.5 Å². The van der Waals surface area contributed by atoms with E-state index in [1.807, 2.05) is 18.2 Å². The number of halogens is 1. The van der Waals surface area contributed by atoms with Gasteiger partial charge in [-0.3, -0.25) is 9.59 Å². The van der Waals surface area contributed by atoms with Crippen molar-refractivity contribution in [2.45, 2.75) is 25.3 Å². The largest absolute Gasteiger partial charge is 0.504 e. The van der Waals surface area contributed by atoms with Crippen molar-refractivity contribution in [1.29, 1.82) is 0 Å². The van der Waals surface area contributed by atoms with Crippen LogP contribution in [0.1, 0.15) is 18.4 Å². The SMILES string of the molecule is COCCN1CC2CCC3=C(C(=O)NCCc4ccc(P)c(Cl)c4)C(=C=O)C(O)=C(C1=O)N32. The van der Waals surface area contributed by atoms with E-state index < -0.39 is 11.7 Å². The lowest BCUT2D eigenvalue weighted by Gasteiger charge is -2.42. The van der Waals surface area contributed by atoms with Crippen molar-refractivity contribution in [1.82, 2.24) is 15.1 Å². The number of ether oxygens (including phenoxy) is 1. The summed E-state index contributed by atoms with van der Waals surface area (Å²) in [7, 11) is 4.11. The third kappa shape index (κ3) is 4.32. The van der Waals surface area contributed by atoms with Gasteiger partial charge in [-0.15, -0.1) is 9.24 Å². The Morgan fingerprint density at radius 1 is 1.42 bits per heavy atom. The predicted molar refractivity (Wildman–Crippen MR) is 127 cm³/mol. The molecule has 0 bridgehead atoms. The molecule has 0 radical (unpaired) electrons. The van der Waals surface area contributed by atoms with Gasteiger partial charge >= 0.3 is 0 Å². The number of methoxy groups -OCH3 is 1. The highest BCUT2D eigenvalue weighted by Gasteiger charge is 2.48. The second-order valence-electron chi connectivity index (χ2n) is 8.16. The molecule has 0 spiro atoms. The lowest BCUT2D eigenvalue weighted by molar-refractivity contribution is -0.133. The van der Waals surface area contributed by atoms with E-state index in [1.54, 1.807) is 22.9 Å². The van der Waals surface area contributed by atoms with Crippen LogP contribution in [0.3, 0.4) is 0 Å². The molecule has 2 atom stereocenters. The number of carbonyl (C=O) groups excluding carboxylic acids is 3. The number of rotatable bonds is 7. The van der Waals surface area contributed by atoms with Crippen molar-refractivity contribution in [3.05, 3.63) is 57.1 Å². The number of aliphatic hydroxyl groups excluding tert-OH is 1. The van der Waals surface area contributed by atoms with Gasteiger partial charge in [0.25, 0.3) is 11.8 Å². The Hall–Kier alpha value is -2.63. The molecular weight excluding hydrogens is 465 g/mol. The second kappa shape index (κ2) is 9.70. The molecule has 33 heavy (non-hydrogen) atoms. The number of aliphatic hydroxyl groups is 1. The van der Waals surface area contributed by atoms with Crippen molar-refractivity contribution in [2.24, 2.45) is 0 Å². The number of piperazine rings is 1. The second-order valence-corrected chi connectivity index (χ2v) is 9.19. The third-order valence-electron chi connectivity index (χ3n) is 6.19. The molecule has 3 heterocycles. The van der Waals surface area contributed by atoms with Crippen LogP contribution in [-0.4, -0.2) is 72.1 Å². The van der Waals surface area contributed by atoms with Crippen molar-refractivity contribution in [3.8, 4) is 0 Å². The minimum atomic E-state index is -0.499. The molecule has 10 heteroatoms. The number of nitrogens with one attached hydrogen (secondary N) is 1. The van der Waals surface area contributed by atoms with Crippen LogP contribution in [0.25, 0.3) is 0 Å². The maximum atomic E-state index is 13.1. The molecule has 174 valence electrons. The summed E-state index contributed by atoms with van der Waals surface area (Å²) >= 11 is 6.15. The standard InChI is InChI=1S/C23H25ClN3O5P/c1-32-9-8-26-11-14-3-4-17-19(15(12-28)21(29)20(23(26)31)27(14)17)22(30)25-7-6-13-2-5-18(33)16(24)10-13/h2,5,10,14,29H,3-4,6-9,11,33H2,1H3,(H,25,30). The van der Waals surface area contributed by atoms with Crippen molar-refractivity contribution in [2.75, 3.05) is 33.4 Å². The molecular formula is C23H25ClN3O5P. The maximum absolute atomic E-state index is 13.1. The van der Waals surface area contributed by atoms with E-state index in [2.05, 4.69) is 14.6 Å². The van der Waals surface area contributed by atoms with Gasteiger partial charge in [-0.2, -0.15) is 0 Å². The van der Waals surface area contributed by atoms with Crippen LogP contribution in [0, 0.1) is 0 Å². The summed E-state index contributed by atoms with van der Waals surface area (Å²) in [6.45, 7) is 1.53. The van der Waals surface area contributed by atoms with Crippen LogP contribution >= 0.6 is 20.8 Å². The highest BCUT2D eigenvalue weighted by Crippen LogP contribution is 2.44. The van der Waals surface area contributed by atoms with Crippen LogP contribution in [0.15, 0.2) is 46.5 Å². The van der Waals surface area contributed by atoms with Gasteiger partial charge < -0.3 is 25.0 Å². The van der Waals surface area contributed by atoms with Crippen LogP contribution < -0.4 is 10.6 Å². The molecule has 0 aliphatic carbocycles. The number of hydrogen-bond donors (Lipinski definition) is 2. The van der Waals surface area contributed by atoms with Gasteiger partial charge in [0.15, 0.2) is 11.5 Å². The summed E-state index contributed by atoms with van der Waals surface area (Å²) < 4.78 is 5.08. The summed E-state index contributed by atoms with van der Waals surface area (Å²) in [5.74, 6) is 0.338. The van der Waals surface area contributed by atoms with E-state index in [0.29, 0.717) is 56.2 Å². The first-order chi connectivity index (χ1) is 15.9. The van der Waals surface area contributed by atoms with Gasteiger partial charge in [-0.05, 0) is 36.2 Å². The lowest BCUT2D eigenvalue weighted by Crippen LogP contribution is -2.54. The molecule has 2 unspecified atom stereocenters. The van der Waals surface area contributed by atoms with Gasteiger partial charge in [-0.25, -0.2) is 4.79 Å². The Morgan fingerprint density at radius 2 is 2.21 bits per heavy atom. The minimum Gasteiger partial charge on any atom is -0.504 e. The first-order valence-electron chi connectivity index (χ1n) is 10.7. The fourth-order valence-electron chi connectivity index (χ4n) is 4.57. The van der Waals surface area contributed by atoms with Crippen molar-refractivity contribution < 1.29 is 24.2 Å². The number of nitrogens with zero attached hydrogens (tertiary/aromatic N) is 2. The molecule has 8 nitrogen and oxygen atoms in total. The summed E-state index contributed by atoms with van der Waals surface area (Å²) in [5, 5.41) is 15.2. The Bertz CT molecular complexity index is 1130. The first kappa shape index (κ1) is 23.5. The first-order valence-corrected chi connectivity index (χ1v) is 11.6. The Kier molecular flexibility index (Phi) is 6.91. The molecule has 4 rings (SSSR count). The zero-order valence-electron chi connectivity index (χ0n) is 18.2. The minimum absolute atomic E-state index is 0.0388. The zero-order valence-corrected chi connectivity index (χ0v) is 20.1. The Balaban J connectivity index is 1.56. The smallest absolute Gasteiger partial charge is 0.274 e. The highest BCUT2D eigenvalue weighted by atomic mass is 35.5. The number of amides is 2. The van der Waals surface area contributed by atoms with Crippen molar-refractivity contribution >= 4 is 43.9 Å². The van der Waals surface area contributed by atoms with Gasteiger partial charge in [-0.1, -0.05) is 23.7 Å². The van der Waals surface area contributed by atoms with Crippen LogP contribution in [0.2, 0.25) is 5.02 Å². The monoisotopic (exact) mass is 489 g/mol. The van der Waals surface area contributed by atoms with E-state index >= 15 is 0 Å². The quantitative estimate of drug-likeness (QED) is 0.442. The lowest BCUT2D eigenvalue weighted by atomic mass is 9.94. The van der Waals surface area contributed by atoms with Gasteiger partial charge in [0, 0.05) is 37.5 Å². The molecule has 3 aliphatic heterocycles. The predicted octanol–water partition coefficient (Wildman–Crippen LogP) is 1.25. The van der Waals surface area contributed by atoms with E-state index in [-0.39, 0.29) is 28.8 Å². The molecule has 1 aromatic rings. The topological polar surface area (TPSA) is 99.2 Å². The number of benzene rings is 1. The number of hydrogen-bond acceptors (Lipinski definition) is 6. The summed E-state index contributed by atoms with van der Waals surface area (Å²) in [4.78, 5) is 41.3. The molecule has 2 N–H and O–H groups in total.